The number of hydrogen-bond donors (Lipinski definition) is 1. The van der Waals surface area contributed by atoms with E-state index < -0.39 is 0 Å². The fraction of sp³-hybridized carbons (Fsp3) is 0.375. The van der Waals surface area contributed by atoms with Crippen LogP contribution in [0.5, 0.6) is 0 Å². The molecule has 0 fully saturated rings. The molecular weight excluding hydrogens is 238 g/mol. The highest BCUT2D eigenvalue weighted by atomic mass is 32.1. The summed E-state index contributed by atoms with van der Waals surface area (Å²) in [6.07, 6.45) is 1.13. The summed E-state index contributed by atoms with van der Waals surface area (Å²) in [6, 6.07) is 11.4. The summed E-state index contributed by atoms with van der Waals surface area (Å²) < 4.78 is 0. The van der Waals surface area contributed by atoms with Crippen LogP contribution in [0.25, 0.3) is 0 Å². The van der Waals surface area contributed by atoms with Gasteiger partial charge in [-0.3, -0.25) is 0 Å². The number of anilines is 1. The van der Waals surface area contributed by atoms with Crippen molar-refractivity contribution in [2.75, 3.05) is 5.32 Å². The highest BCUT2D eigenvalue weighted by Crippen LogP contribution is 2.28. The third-order valence-corrected chi connectivity index (χ3v) is 4.62. The molecule has 0 amide bonds. The first kappa shape index (κ1) is 13.2. The van der Waals surface area contributed by atoms with Crippen molar-refractivity contribution >= 4 is 17.0 Å². The van der Waals surface area contributed by atoms with Crippen molar-refractivity contribution in [1.82, 2.24) is 0 Å². The normalized spacial score (nSPS) is 12.4. The van der Waals surface area contributed by atoms with Crippen LogP contribution in [0.1, 0.15) is 40.8 Å². The summed E-state index contributed by atoms with van der Waals surface area (Å²) in [4.78, 5) is 2.87. The van der Waals surface area contributed by atoms with E-state index in [0.717, 1.165) is 6.42 Å². The Morgan fingerprint density at radius 1 is 1.17 bits per heavy atom. The monoisotopic (exact) mass is 259 g/mol. The average molecular weight is 259 g/mol. The Balaban J connectivity index is 2.13. The lowest BCUT2D eigenvalue weighted by Gasteiger charge is -2.16. The van der Waals surface area contributed by atoms with Crippen LogP contribution in [0.2, 0.25) is 0 Å². The van der Waals surface area contributed by atoms with Crippen molar-refractivity contribution in [1.29, 1.82) is 0 Å². The van der Waals surface area contributed by atoms with Crippen molar-refractivity contribution in [3.05, 3.63) is 51.2 Å². The maximum Gasteiger partial charge on any atom is 0.0578 e. The predicted molar refractivity (Wildman–Crippen MR) is 81.7 cm³/mol. The van der Waals surface area contributed by atoms with Crippen molar-refractivity contribution in [2.24, 2.45) is 0 Å². The fourth-order valence-corrected chi connectivity index (χ4v) is 3.05. The van der Waals surface area contributed by atoms with E-state index in [1.54, 1.807) is 0 Å². The first-order valence-corrected chi connectivity index (χ1v) is 7.34. The molecule has 0 aliphatic carbocycles. The number of benzene rings is 1. The summed E-state index contributed by atoms with van der Waals surface area (Å²) in [5.74, 6) is 0. The van der Waals surface area contributed by atoms with Crippen molar-refractivity contribution in [3.8, 4) is 0 Å². The van der Waals surface area contributed by atoms with E-state index in [4.69, 9.17) is 0 Å². The van der Waals surface area contributed by atoms with Crippen LogP contribution in [0.3, 0.4) is 0 Å². The van der Waals surface area contributed by atoms with Crippen LogP contribution >= 0.6 is 11.3 Å². The number of nitrogens with one attached hydrogen (secondary N) is 1. The second-order valence-corrected chi connectivity index (χ2v) is 6.04. The molecule has 1 atom stereocenters. The van der Waals surface area contributed by atoms with Gasteiger partial charge in [0.2, 0.25) is 0 Å². The molecule has 2 heteroatoms. The van der Waals surface area contributed by atoms with Gasteiger partial charge in [-0.25, -0.2) is 0 Å². The molecule has 18 heavy (non-hydrogen) atoms. The maximum atomic E-state index is 3.60. The molecule has 1 unspecified atom stereocenters. The molecule has 0 aliphatic heterocycles. The van der Waals surface area contributed by atoms with Crippen molar-refractivity contribution < 1.29 is 0 Å². The third kappa shape index (κ3) is 2.94. The summed E-state index contributed by atoms with van der Waals surface area (Å²) in [5.41, 5.74) is 3.86. The van der Waals surface area contributed by atoms with Gasteiger partial charge in [-0.05, 0) is 51.0 Å². The summed E-state index contributed by atoms with van der Waals surface area (Å²) in [6.45, 7) is 8.73. The Morgan fingerprint density at radius 2 is 1.94 bits per heavy atom. The van der Waals surface area contributed by atoms with Gasteiger partial charge >= 0.3 is 0 Å². The van der Waals surface area contributed by atoms with Gasteiger partial charge in [-0.2, -0.15) is 0 Å². The Bertz CT molecular complexity index is 528. The molecule has 0 saturated heterocycles. The van der Waals surface area contributed by atoms with E-state index in [-0.39, 0.29) is 0 Å². The van der Waals surface area contributed by atoms with Gasteiger partial charge < -0.3 is 5.32 Å². The van der Waals surface area contributed by atoms with E-state index in [1.807, 2.05) is 11.3 Å². The van der Waals surface area contributed by atoms with E-state index in [1.165, 1.54) is 26.6 Å². The van der Waals surface area contributed by atoms with E-state index in [2.05, 4.69) is 63.3 Å². The second-order valence-electron chi connectivity index (χ2n) is 4.84. The first-order valence-electron chi connectivity index (χ1n) is 6.52. The molecule has 1 N–H and O–H groups in total. The number of rotatable bonds is 4. The second kappa shape index (κ2) is 5.57. The SMILES string of the molecule is CCc1ccc(C(C)Nc2ccc(C)cc2C)s1. The molecule has 1 aromatic carbocycles. The van der Waals surface area contributed by atoms with Crippen molar-refractivity contribution in [3.63, 3.8) is 0 Å². The topological polar surface area (TPSA) is 12.0 Å². The zero-order chi connectivity index (χ0) is 13.1. The Kier molecular flexibility index (Phi) is 4.07. The average Bonchev–Trinajstić information content (AvgIpc) is 2.81. The Labute approximate surface area is 114 Å². The lowest BCUT2D eigenvalue weighted by Crippen LogP contribution is -2.06. The van der Waals surface area contributed by atoms with Crippen LogP contribution in [0.4, 0.5) is 5.69 Å². The van der Waals surface area contributed by atoms with Gasteiger partial charge in [0.15, 0.2) is 0 Å². The first-order chi connectivity index (χ1) is 8.60. The maximum absolute atomic E-state index is 3.60. The van der Waals surface area contributed by atoms with Crippen molar-refractivity contribution in [2.45, 2.75) is 40.2 Å². The molecular formula is C16H21NS. The third-order valence-electron chi connectivity index (χ3n) is 3.21. The minimum atomic E-state index is 0.372. The highest BCUT2D eigenvalue weighted by molar-refractivity contribution is 7.12. The molecule has 1 nitrogen and oxygen atoms in total. The van der Waals surface area contributed by atoms with Gasteiger partial charge in [0.05, 0.1) is 6.04 Å². The summed E-state index contributed by atoms with van der Waals surface area (Å²) in [7, 11) is 0. The highest BCUT2D eigenvalue weighted by Gasteiger charge is 2.09. The summed E-state index contributed by atoms with van der Waals surface area (Å²) in [5, 5.41) is 3.60. The molecule has 0 spiro atoms. The molecule has 0 saturated carbocycles. The Hall–Kier alpha value is -1.28. The van der Waals surface area contributed by atoms with Gasteiger partial charge in [0, 0.05) is 15.4 Å². The minimum absolute atomic E-state index is 0.372. The molecule has 0 bridgehead atoms. The Morgan fingerprint density at radius 3 is 2.56 bits per heavy atom. The van der Waals surface area contributed by atoms with Gasteiger partial charge in [0.25, 0.3) is 0 Å². The zero-order valence-electron chi connectivity index (χ0n) is 11.6. The lowest BCUT2D eigenvalue weighted by molar-refractivity contribution is 0.905. The smallest absolute Gasteiger partial charge is 0.0578 e. The van der Waals surface area contributed by atoms with Crippen LogP contribution in [-0.4, -0.2) is 0 Å². The van der Waals surface area contributed by atoms with Crippen LogP contribution in [-0.2, 0) is 6.42 Å². The molecule has 2 aromatic rings. The van der Waals surface area contributed by atoms with Gasteiger partial charge in [-0.1, -0.05) is 24.6 Å². The molecule has 1 aromatic heterocycles. The quantitative estimate of drug-likeness (QED) is 0.805. The molecule has 96 valence electrons. The summed E-state index contributed by atoms with van der Waals surface area (Å²) >= 11 is 1.91. The largest absolute Gasteiger partial charge is 0.377 e. The van der Waals surface area contributed by atoms with Crippen LogP contribution in [0.15, 0.2) is 30.3 Å². The van der Waals surface area contributed by atoms with E-state index in [0.29, 0.717) is 6.04 Å². The molecule has 0 aliphatic rings. The zero-order valence-corrected chi connectivity index (χ0v) is 12.4. The standard InChI is InChI=1S/C16H21NS/c1-5-14-7-9-16(18-14)13(4)17-15-8-6-11(2)10-12(15)3/h6-10,13,17H,5H2,1-4H3. The predicted octanol–water partition coefficient (Wildman–Crippen LogP) is 5.10. The van der Waals surface area contributed by atoms with Gasteiger partial charge in [-0.15, -0.1) is 11.3 Å². The fourth-order valence-electron chi connectivity index (χ4n) is 2.10. The lowest BCUT2D eigenvalue weighted by atomic mass is 10.1. The number of thiophene rings is 1. The minimum Gasteiger partial charge on any atom is -0.377 e. The molecule has 2 rings (SSSR count). The van der Waals surface area contributed by atoms with Crippen LogP contribution in [0, 0.1) is 13.8 Å². The van der Waals surface area contributed by atoms with E-state index >= 15 is 0 Å². The number of hydrogen-bond acceptors (Lipinski definition) is 2. The van der Waals surface area contributed by atoms with Gasteiger partial charge in [0.1, 0.15) is 0 Å². The molecule has 0 radical (unpaired) electrons. The number of aryl methyl sites for hydroxylation is 3. The van der Waals surface area contributed by atoms with Crippen LogP contribution < -0.4 is 5.32 Å². The molecule has 1 heterocycles. The van der Waals surface area contributed by atoms with E-state index in [9.17, 15) is 0 Å².